The van der Waals surface area contributed by atoms with Crippen LogP contribution in [-0.4, -0.2) is 16.0 Å². The van der Waals surface area contributed by atoms with Crippen LogP contribution in [0, 0.1) is 0 Å². The molecule has 3 aromatic carbocycles. The first kappa shape index (κ1) is 24.2. The lowest BCUT2D eigenvalue weighted by Crippen LogP contribution is -2.27. The number of halogens is 4. The third kappa shape index (κ3) is 5.94. The molecule has 1 heterocycles. The number of amides is 2. The number of nitrogens with zero attached hydrogens (tertiary/aromatic N) is 1. The zero-order valence-electron chi connectivity index (χ0n) is 16.9. The summed E-state index contributed by atoms with van der Waals surface area (Å²) in [6, 6.07) is 17.7. The summed E-state index contributed by atoms with van der Waals surface area (Å²) >= 11 is 22.4. The molecule has 1 saturated heterocycles. The van der Waals surface area contributed by atoms with Crippen LogP contribution in [-0.2, 0) is 17.9 Å². The zero-order chi connectivity index (χ0) is 23.5. The van der Waals surface area contributed by atoms with Crippen LogP contribution < -0.4 is 4.74 Å². The van der Waals surface area contributed by atoms with Crippen molar-refractivity contribution in [2.75, 3.05) is 0 Å². The standard InChI is InChI=1S/C24H15BrCl3NO3S/c25-19-9-15(3-8-21(19)32-13-16-4-7-18(27)11-20(16)28)10-22-23(30)29(24(31)33-22)12-14-1-5-17(26)6-2-14/h1-11H,12-13H2/b22-10-. The lowest BCUT2D eigenvalue weighted by molar-refractivity contribution is -0.123. The van der Waals surface area contributed by atoms with Crippen molar-refractivity contribution in [2.24, 2.45) is 0 Å². The van der Waals surface area contributed by atoms with Crippen LogP contribution in [0.2, 0.25) is 15.1 Å². The van der Waals surface area contributed by atoms with Crippen LogP contribution in [0.15, 0.2) is 70.0 Å². The third-order valence-corrected chi connectivity index (χ3v) is 7.15. The number of imide groups is 1. The van der Waals surface area contributed by atoms with Gasteiger partial charge in [0.05, 0.1) is 15.9 Å². The second-order valence-corrected chi connectivity index (χ2v) is 10.2. The molecule has 0 spiro atoms. The summed E-state index contributed by atoms with van der Waals surface area (Å²) in [6.45, 7) is 0.473. The first-order chi connectivity index (χ1) is 15.8. The minimum Gasteiger partial charge on any atom is -0.488 e. The molecule has 4 rings (SSSR count). The van der Waals surface area contributed by atoms with E-state index in [9.17, 15) is 9.59 Å². The molecule has 3 aromatic rings. The second kappa shape index (κ2) is 10.5. The van der Waals surface area contributed by atoms with Crippen LogP contribution in [0.4, 0.5) is 4.79 Å². The number of rotatable bonds is 6. The van der Waals surface area contributed by atoms with Crippen molar-refractivity contribution in [1.29, 1.82) is 0 Å². The van der Waals surface area contributed by atoms with E-state index >= 15 is 0 Å². The Labute approximate surface area is 218 Å². The molecule has 0 radical (unpaired) electrons. The van der Waals surface area contributed by atoms with Gasteiger partial charge in [-0.3, -0.25) is 14.5 Å². The Bertz CT molecular complexity index is 1260. The molecular weight excluding hydrogens is 569 g/mol. The molecule has 0 atom stereocenters. The highest BCUT2D eigenvalue weighted by Crippen LogP contribution is 2.35. The van der Waals surface area contributed by atoms with E-state index in [0.717, 1.165) is 28.5 Å². The average Bonchev–Trinajstić information content (AvgIpc) is 3.03. The first-order valence-electron chi connectivity index (χ1n) is 9.66. The quantitative estimate of drug-likeness (QED) is 0.274. The van der Waals surface area contributed by atoms with Gasteiger partial charge in [0.25, 0.3) is 11.1 Å². The summed E-state index contributed by atoms with van der Waals surface area (Å²) in [4.78, 5) is 26.8. The van der Waals surface area contributed by atoms with Crippen molar-refractivity contribution in [3.05, 3.63) is 102 Å². The fourth-order valence-electron chi connectivity index (χ4n) is 3.08. The lowest BCUT2D eigenvalue weighted by Gasteiger charge is -2.12. The molecular formula is C24H15BrCl3NO3S. The van der Waals surface area contributed by atoms with E-state index in [4.69, 9.17) is 39.5 Å². The number of ether oxygens (including phenoxy) is 1. The lowest BCUT2D eigenvalue weighted by atomic mass is 10.2. The maximum absolute atomic E-state index is 12.8. The van der Waals surface area contributed by atoms with Gasteiger partial charge in [0.2, 0.25) is 0 Å². The number of thioether (sulfide) groups is 1. The van der Waals surface area contributed by atoms with Gasteiger partial charge in [0.1, 0.15) is 12.4 Å². The number of carbonyl (C=O) groups is 2. The summed E-state index contributed by atoms with van der Waals surface area (Å²) in [5, 5.41) is 1.39. The van der Waals surface area contributed by atoms with E-state index in [2.05, 4.69) is 15.9 Å². The van der Waals surface area contributed by atoms with E-state index in [-0.39, 0.29) is 24.3 Å². The maximum atomic E-state index is 12.8. The molecule has 0 unspecified atom stereocenters. The number of carbonyl (C=O) groups excluding carboxylic acids is 2. The van der Waals surface area contributed by atoms with Crippen molar-refractivity contribution >= 4 is 79.7 Å². The van der Waals surface area contributed by atoms with Crippen LogP contribution in [0.25, 0.3) is 6.08 Å². The van der Waals surface area contributed by atoms with Gasteiger partial charge in [0, 0.05) is 20.6 Å². The highest BCUT2D eigenvalue weighted by molar-refractivity contribution is 9.10. The molecule has 0 aliphatic carbocycles. The summed E-state index contributed by atoms with van der Waals surface area (Å²) in [7, 11) is 0. The molecule has 9 heteroatoms. The minimum atomic E-state index is -0.325. The molecule has 0 aromatic heterocycles. The molecule has 1 aliphatic rings. The van der Waals surface area contributed by atoms with Crippen LogP contribution >= 0.6 is 62.5 Å². The average molecular weight is 584 g/mol. The molecule has 0 saturated carbocycles. The summed E-state index contributed by atoms with van der Waals surface area (Å²) < 4.78 is 6.57. The Morgan fingerprint density at radius 2 is 1.67 bits per heavy atom. The van der Waals surface area contributed by atoms with Crippen molar-refractivity contribution in [3.63, 3.8) is 0 Å². The van der Waals surface area contributed by atoms with Crippen molar-refractivity contribution in [3.8, 4) is 5.75 Å². The van der Waals surface area contributed by atoms with Gasteiger partial charge in [0.15, 0.2) is 0 Å². The summed E-state index contributed by atoms with van der Waals surface area (Å²) in [6.07, 6.45) is 1.69. The van der Waals surface area contributed by atoms with Gasteiger partial charge in [-0.05, 0) is 81.3 Å². The summed E-state index contributed by atoms with van der Waals surface area (Å²) in [5.74, 6) is 0.294. The highest BCUT2D eigenvalue weighted by Gasteiger charge is 2.35. The first-order valence-corrected chi connectivity index (χ1v) is 12.4. The smallest absolute Gasteiger partial charge is 0.293 e. The largest absolute Gasteiger partial charge is 0.488 e. The Kier molecular flexibility index (Phi) is 7.72. The monoisotopic (exact) mass is 581 g/mol. The van der Waals surface area contributed by atoms with Gasteiger partial charge < -0.3 is 4.74 Å². The number of hydrogen-bond acceptors (Lipinski definition) is 4. The SMILES string of the molecule is O=C1S/C(=C\c2ccc(OCc3ccc(Cl)cc3Cl)c(Br)c2)C(=O)N1Cc1ccc(Cl)cc1. The highest BCUT2D eigenvalue weighted by atomic mass is 79.9. The molecule has 168 valence electrons. The van der Waals surface area contributed by atoms with Crippen LogP contribution in [0.5, 0.6) is 5.75 Å². The number of benzene rings is 3. The fraction of sp³-hybridized carbons (Fsp3) is 0.0833. The Hall–Kier alpha value is -1.96. The Balaban J connectivity index is 1.45. The molecule has 1 fully saturated rings. The van der Waals surface area contributed by atoms with E-state index in [1.807, 2.05) is 18.2 Å². The fourth-order valence-corrected chi connectivity index (χ4v) is 5.02. The van der Waals surface area contributed by atoms with Gasteiger partial charge in [-0.25, -0.2) is 0 Å². The molecule has 4 nitrogen and oxygen atoms in total. The van der Waals surface area contributed by atoms with E-state index in [0.29, 0.717) is 30.2 Å². The maximum Gasteiger partial charge on any atom is 0.293 e. The second-order valence-electron chi connectivity index (χ2n) is 7.11. The molecule has 1 aliphatic heterocycles. The van der Waals surface area contributed by atoms with Crippen molar-refractivity contribution in [2.45, 2.75) is 13.2 Å². The molecule has 0 N–H and O–H groups in total. The van der Waals surface area contributed by atoms with Gasteiger partial charge in [-0.15, -0.1) is 0 Å². The predicted molar refractivity (Wildman–Crippen MR) is 138 cm³/mol. The third-order valence-electron chi connectivity index (χ3n) is 4.78. The summed E-state index contributed by atoms with van der Waals surface area (Å²) in [5.41, 5.74) is 2.40. The van der Waals surface area contributed by atoms with Crippen LogP contribution in [0.3, 0.4) is 0 Å². The van der Waals surface area contributed by atoms with Gasteiger partial charge >= 0.3 is 0 Å². The van der Waals surface area contributed by atoms with Gasteiger partial charge in [-0.1, -0.05) is 59.1 Å². The zero-order valence-corrected chi connectivity index (χ0v) is 21.5. The molecule has 33 heavy (non-hydrogen) atoms. The van der Waals surface area contributed by atoms with Crippen molar-refractivity contribution in [1.82, 2.24) is 4.90 Å². The molecule has 0 bridgehead atoms. The Morgan fingerprint density at radius 3 is 2.36 bits per heavy atom. The van der Waals surface area contributed by atoms with Crippen LogP contribution in [0.1, 0.15) is 16.7 Å². The number of hydrogen-bond donors (Lipinski definition) is 0. The van der Waals surface area contributed by atoms with E-state index < -0.39 is 0 Å². The Morgan fingerprint density at radius 1 is 0.939 bits per heavy atom. The normalized spacial score (nSPS) is 14.9. The molecule has 2 amide bonds. The van der Waals surface area contributed by atoms with E-state index in [1.165, 1.54) is 4.90 Å². The van der Waals surface area contributed by atoms with Gasteiger partial charge in [-0.2, -0.15) is 0 Å². The van der Waals surface area contributed by atoms with Crippen molar-refractivity contribution < 1.29 is 14.3 Å². The topological polar surface area (TPSA) is 46.6 Å². The van der Waals surface area contributed by atoms with E-state index in [1.54, 1.807) is 48.5 Å². The minimum absolute atomic E-state index is 0.197. The predicted octanol–water partition coefficient (Wildman–Crippen LogP) is 8.22.